The van der Waals surface area contributed by atoms with Crippen molar-refractivity contribution in [2.45, 2.75) is 32.6 Å². The molecule has 0 atom stereocenters. The van der Waals surface area contributed by atoms with E-state index in [0.717, 1.165) is 19.3 Å². The normalized spacial score (nSPS) is 9.79. The third kappa shape index (κ3) is 3.16. The van der Waals surface area contributed by atoms with Gasteiger partial charge in [0.25, 0.3) is 0 Å². The largest absolute Gasteiger partial charge is 0.198 e. The van der Waals surface area contributed by atoms with Gasteiger partial charge in [0.1, 0.15) is 0 Å². The summed E-state index contributed by atoms with van der Waals surface area (Å²) in [7, 11) is 0. The Morgan fingerprint density at radius 3 is 2.79 bits per heavy atom. The smallest absolute Gasteiger partial charge is 0.0621 e. The minimum atomic E-state index is 0.646. The lowest BCUT2D eigenvalue weighted by atomic mass is 10.1. The molecule has 0 saturated heterocycles. The summed E-state index contributed by atoms with van der Waals surface area (Å²) < 4.78 is 1.19. The highest BCUT2D eigenvalue weighted by Gasteiger charge is 1.99. The molecule has 0 aliphatic carbocycles. The molecule has 0 radical (unpaired) electrons. The minimum absolute atomic E-state index is 0.646. The molecule has 74 valence electrons. The van der Waals surface area contributed by atoms with Gasteiger partial charge in [0.05, 0.1) is 6.07 Å². The molecule has 1 aromatic rings. The van der Waals surface area contributed by atoms with Crippen molar-refractivity contribution >= 4 is 15.9 Å². The Morgan fingerprint density at radius 2 is 2.21 bits per heavy atom. The quantitative estimate of drug-likeness (QED) is 0.746. The Bertz CT molecular complexity index is 339. The molecule has 1 rings (SSSR count). The van der Waals surface area contributed by atoms with Gasteiger partial charge in [-0.05, 0) is 36.5 Å². The highest BCUT2D eigenvalue weighted by molar-refractivity contribution is 9.10. The first kappa shape index (κ1) is 11.3. The molecule has 0 aliphatic heterocycles. The van der Waals surface area contributed by atoms with Crippen LogP contribution in [0.5, 0.6) is 0 Å². The van der Waals surface area contributed by atoms with Crippen LogP contribution in [0.4, 0.5) is 0 Å². The number of aryl methyl sites for hydroxylation is 2. The number of halogens is 1. The molecular weight excluding hydrogens is 238 g/mol. The molecule has 0 saturated carbocycles. The minimum Gasteiger partial charge on any atom is -0.198 e. The first-order chi connectivity index (χ1) is 6.77. The lowest BCUT2D eigenvalue weighted by Crippen LogP contribution is -1.88. The summed E-state index contributed by atoms with van der Waals surface area (Å²) in [6.07, 6.45) is 3.65. The van der Waals surface area contributed by atoms with Crippen molar-refractivity contribution in [2.75, 3.05) is 0 Å². The van der Waals surface area contributed by atoms with Crippen molar-refractivity contribution in [3.05, 3.63) is 33.8 Å². The SMILES string of the molecule is CCc1ccc(CCCC#N)cc1Br. The lowest BCUT2D eigenvalue weighted by molar-refractivity contribution is 0.849. The zero-order valence-corrected chi connectivity index (χ0v) is 9.97. The molecule has 0 unspecified atom stereocenters. The first-order valence-electron chi connectivity index (χ1n) is 4.92. The lowest BCUT2D eigenvalue weighted by Gasteiger charge is -2.04. The molecule has 0 amide bonds. The third-order valence-electron chi connectivity index (χ3n) is 2.25. The summed E-state index contributed by atoms with van der Waals surface area (Å²) in [6, 6.07) is 8.64. The fraction of sp³-hybridized carbons (Fsp3) is 0.417. The van der Waals surface area contributed by atoms with E-state index in [2.05, 4.69) is 47.1 Å². The number of nitrogens with zero attached hydrogens (tertiary/aromatic N) is 1. The average Bonchev–Trinajstić information content (AvgIpc) is 2.18. The highest BCUT2D eigenvalue weighted by atomic mass is 79.9. The fourth-order valence-electron chi connectivity index (χ4n) is 1.40. The molecule has 0 fully saturated rings. The van der Waals surface area contributed by atoms with E-state index in [4.69, 9.17) is 5.26 Å². The summed E-state index contributed by atoms with van der Waals surface area (Å²) in [5.74, 6) is 0. The summed E-state index contributed by atoms with van der Waals surface area (Å²) in [4.78, 5) is 0. The molecule has 0 aromatic heterocycles. The maximum Gasteiger partial charge on any atom is 0.0621 e. The third-order valence-corrected chi connectivity index (χ3v) is 2.99. The molecule has 1 nitrogen and oxygen atoms in total. The van der Waals surface area contributed by atoms with Gasteiger partial charge in [0, 0.05) is 10.9 Å². The molecule has 0 N–H and O–H groups in total. The molecule has 1 aromatic carbocycles. The van der Waals surface area contributed by atoms with Gasteiger partial charge in [-0.3, -0.25) is 0 Å². The van der Waals surface area contributed by atoms with Crippen LogP contribution in [0.1, 0.15) is 30.9 Å². The van der Waals surface area contributed by atoms with Gasteiger partial charge in [-0.15, -0.1) is 0 Å². The van der Waals surface area contributed by atoms with Crippen molar-refractivity contribution in [1.82, 2.24) is 0 Å². The second-order valence-electron chi connectivity index (χ2n) is 3.29. The summed E-state index contributed by atoms with van der Waals surface area (Å²) in [5, 5.41) is 8.42. The van der Waals surface area contributed by atoms with E-state index >= 15 is 0 Å². The predicted octanol–water partition coefficient (Wildman–Crippen LogP) is 3.86. The van der Waals surface area contributed by atoms with Crippen LogP contribution >= 0.6 is 15.9 Å². The number of unbranched alkanes of at least 4 members (excludes halogenated alkanes) is 1. The molecule has 14 heavy (non-hydrogen) atoms. The number of rotatable bonds is 4. The maximum absolute atomic E-state index is 8.42. The summed E-state index contributed by atoms with van der Waals surface area (Å²) >= 11 is 3.55. The van der Waals surface area contributed by atoms with Crippen LogP contribution in [0.2, 0.25) is 0 Å². The number of nitriles is 1. The Balaban J connectivity index is 2.63. The topological polar surface area (TPSA) is 23.8 Å². The highest BCUT2D eigenvalue weighted by Crippen LogP contribution is 2.20. The Hall–Kier alpha value is -0.810. The van der Waals surface area contributed by atoms with Gasteiger partial charge < -0.3 is 0 Å². The Kier molecular flexibility index (Phi) is 4.69. The zero-order chi connectivity index (χ0) is 10.4. The van der Waals surface area contributed by atoms with Gasteiger partial charge in [0.15, 0.2) is 0 Å². The van der Waals surface area contributed by atoms with Crippen LogP contribution in [-0.4, -0.2) is 0 Å². The fourth-order valence-corrected chi connectivity index (χ4v) is 2.11. The number of hydrogen-bond acceptors (Lipinski definition) is 1. The second kappa shape index (κ2) is 5.82. The summed E-state index contributed by atoms with van der Waals surface area (Å²) in [6.45, 7) is 2.15. The second-order valence-corrected chi connectivity index (χ2v) is 4.15. The molecule has 0 aliphatic rings. The van der Waals surface area contributed by atoms with Crippen LogP contribution in [0.15, 0.2) is 22.7 Å². The average molecular weight is 252 g/mol. The van der Waals surface area contributed by atoms with Crippen LogP contribution in [0, 0.1) is 11.3 Å². The number of hydrogen-bond donors (Lipinski definition) is 0. The Morgan fingerprint density at radius 1 is 1.43 bits per heavy atom. The van der Waals surface area contributed by atoms with Gasteiger partial charge in [0.2, 0.25) is 0 Å². The van der Waals surface area contributed by atoms with Crippen LogP contribution < -0.4 is 0 Å². The van der Waals surface area contributed by atoms with E-state index in [-0.39, 0.29) is 0 Å². The monoisotopic (exact) mass is 251 g/mol. The molecule has 2 heteroatoms. The first-order valence-corrected chi connectivity index (χ1v) is 5.71. The summed E-state index contributed by atoms with van der Waals surface area (Å²) in [5.41, 5.74) is 2.65. The van der Waals surface area contributed by atoms with E-state index in [1.807, 2.05) is 0 Å². The van der Waals surface area contributed by atoms with Gasteiger partial charge in [-0.2, -0.15) is 5.26 Å². The van der Waals surface area contributed by atoms with E-state index in [1.54, 1.807) is 0 Å². The molecule has 0 bridgehead atoms. The van der Waals surface area contributed by atoms with Crippen molar-refractivity contribution in [1.29, 1.82) is 5.26 Å². The van der Waals surface area contributed by atoms with Crippen LogP contribution in [-0.2, 0) is 12.8 Å². The zero-order valence-electron chi connectivity index (χ0n) is 8.39. The van der Waals surface area contributed by atoms with Crippen molar-refractivity contribution in [3.8, 4) is 6.07 Å². The van der Waals surface area contributed by atoms with Crippen LogP contribution in [0.3, 0.4) is 0 Å². The van der Waals surface area contributed by atoms with Crippen molar-refractivity contribution < 1.29 is 0 Å². The molecule has 0 spiro atoms. The van der Waals surface area contributed by atoms with Gasteiger partial charge in [-0.25, -0.2) is 0 Å². The van der Waals surface area contributed by atoms with E-state index in [9.17, 15) is 0 Å². The standard InChI is InChI=1S/C12H14BrN/c1-2-11-7-6-10(9-12(11)13)5-3-4-8-14/h6-7,9H,2-5H2,1H3. The van der Waals surface area contributed by atoms with E-state index in [1.165, 1.54) is 15.6 Å². The number of benzene rings is 1. The predicted molar refractivity (Wildman–Crippen MR) is 62.1 cm³/mol. The molecule has 0 heterocycles. The van der Waals surface area contributed by atoms with Gasteiger partial charge >= 0.3 is 0 Å². The van der Waals surface area contributed by atoms with Gasteiger partial charge in [-0.1, -0.05) is 35.0 Å². The van der Waals surface area contributed by atoms with E-state index in [0.29, 0.717) is 6.42 Å². The van der Waals surface area contributed by atoms with Crippen molar-refractivity contribution in [3.63, 3.8) is 0 Å². The van der Waals surface area contributed by atoms with Crippen molar-refractivity contribution in [2.24, 2.45) is 0 Å². The van der Waals surface area contributed by atoms with E-state index < -0.39 is 0 Å². The maximum atomic E-state index is 8.42. The van der Waals surface area contributed by atoms with Crippen LogP contribution in [0.25, 0.3) is 0 Å². The molecular formula is C12H14BrN. The Labute approximate surface area is 93.9 Å².